The van der Waals surface area contributed by atoms with Crippen LogP contribution in [0.25, 0.3) is 10.8 Å². The molecule has 2 aromatic heterocycles. The van der Waals surface area contributed by atoms with E-state index in [9.17, 15) is 9.59 Å². The first-order chi connectivity index (χ1) is 12.7. The summed E-state index contributed by atoms with van der Waals surface area (Å²) < 4.78 is 10.5. The van der Waals surface area contributed by atoms with Crippen LogP contribution in [0.4, 0.5) is 0 Å². The molecule has 0 bridgehead atoms. The van der Waals surface area contributed by atoms with Gasteiger partial charge in [-0.2, -0.15) is 0 Å². The van der Waals surface area contributed by atoms with Crippen LogP contribution < -0.4 is 5.32 Å². The third-order valence-corrected chi connectivity index (χ3v) is 4.38. The standard InChI is InChI=1S/C19H18N2O4S/c22-17(11-14-5-2-1-3-6-14)20-9-8-18(23)24-12-15-13-25-19(21-15)16-7-4-10-26-16/h1-7,10,13H,8-9,11-12H2,(H,20,22). The molecule has 0 saturated carbocycles. The maximum atomic E-state index is 11.8. The van der Waals surface area contributed by atoms with Crippen molar-refractivity contribution in [2.24, 2.45) is 0 Å². The molecule has 0 spiro atoms. The van der Waals surface area contributed by atoms with Crippen molar-refractivity contribution in [3.8, 4) is 10.8 Å². The molecule has 1 N–H and O–H groups in total. The Labute approximate surface area is 154 Å². The lowest BCUT2D eigenvalue weighted by atomic mass is 10.1. The number of hydrogen-bond donors (Lipinski definition) is 1. The highest BCUT2D eigenvalue weighted by Crippen LogP contribution is 2.23. The Bertz CT molecular complexity index is 844. The van der Waals surface area contributed by atoms with E-state index < -0.39 is 5.97 Å². The molecule has 2 heterocycles. The van der Waals surface area contributed by atoms with Crippen molar-refractivity contribution in [2.45, 2.75) is 19.4 Å². The number of carbonyl (C=O) groups is 2. The Morgan fingerprint density at radius 2 is 2.00 bits per heavy atom. The summed E-state index contributed by atoms with van der Waals surface area (Å²) in [4.78, 5) is 28.8. The molecule has 0 aliphatic heterocycles. The summed E-state index contributed by atoms with van der Waals surface area (Å²) in [5.41, 5.74) is 1.48. The fourth-order valence-electron chi connectivity index (χ4n) is 2.26. The summed E-state index contributed by atoms with van der Waals surface area (Å²) in [6.07, 6.45) is 1.88. The molecule has 7 heteroatoms. The van der Waals surface area contributed by atoms with Crippen molar-refractivity contribution in [3.63, 3.8) is 0 Å². The number of carbonyl (C=O) groups excluding carboxylic acids is 2. The first kappa shape index (κ1) is 17.9. The molecule has 0 unspecified atom stereocenters. The smallest absolute Gasteiger partial charge is 0.307 e. The van der Waals surface area contributed by atoms with Crippen molar-refractivity contribution in [2.75, 3.05) is 6.54 Å². The van der Waals surface area contributed by atoms with Gasteiger partial charge in [-0.3, -0.25) is 9.59 Å². The zero-order valence-electron chi connectivity index (χ0n) is 14.0. The van der Waals surface area contributed by atoms with Crippen molar-refractivity contribution >= 4 is 23.2 Å². The van der Waals surface area contributed by atoms with E-state index >= 15 is 0 Å². The minimum absolute atomic E-state index is 0.0473. The van der Waals surface area contributed by atoms with E-state index in [0.717, 1.165) is 10.4 Å². The van der Waals surface area contributed by atoms with Crippen molar-refractivity contribution in [1.82, 2.24) is 10.3 Å². The maximum Gasteiger partial charge on any atom is 0.307 e. The van der Waals surface area contributed by atoms with Crippen LogP contribution in [0.15, 0.2) is 58.5 Å². The summed E-state index contributed by atoms with van der Waals surface area (Å²) >= 11 is 1.52. The lowest BCUT2D eigenvalue weighted by molar-refractivity contribution is -0.144. The largest absolute Gasteiger partial charge is 0.459 e. The quantitative estimate of drug-likeness (QED) is 0.616. The molecule has 0 radical (unpaired) electrons. The van der Waals surface area contributed by atoms with Crippen LogP contribution in [0.3, 0.4) is 0 Å². The Morgan fingerprint density at radius 3 is 2.77 bits per heavy atom. The van der Waals surface area contributed by atoms with Crippen LogP contribution in [0.2, 0.25) is 0 Å². The maximum absolute atomic E-state index is 11.8. The molecule has 0 aliphatic carbocycles. The van der Waals surface area contributed by atoms with E-state index in [-0.39, 0.29) is 25.5 Å². The predicted molar refractivity (Wildman–Crippen MR) is 97.4 cm³/mol. The summed E-state index contributed by atoms with van der Waals surface area (Å²) in [6, 6.07) is 13.3. The van der Waals surface area contributed by atoms with Crippen LogP contribution in [0, 0.1) is 0 Å². The zero-order chi connectivity index (χ0) is 18.2. The van der Waals surface area contributed by atoms with Crippen molar-refractivity contribution < 1.29 is 18.7 Å². The van der Waals surface area contributed by atoms with E-state index in [1.54, 1.807) is 0 Å². The topological polar surface area (TPSA) is 81.4 Å². The molecule has 3 rings (SSSR count). The summed E-state index contributed by atoms with van der Waals surface area (Å²) in [7, 11) is 0. The number of thiophene rings is 1. The molecule has 0 fully saturated rings. The summed E-state index contributed by atoms with van der Waals surface area (Å²) in [6.45, 7) is 0.287. The number of hydrogen-bond acceptors (Lipinski definition) is 6. The van der Waals surface area contributed by atoms with Crippen LogP contribution in [0.1, 0.15) is 17.7 Å². The molecule has 0 saturated heterocycles. The number of benzene rings is 1. The van der Waals surface area contributed by atoms with E-state index in [4.69, 9.17) is 9.15 Å². The minimum Gasteiger partial charge on any atom is -0.459 e. The fourth-order valence-corrected chi connectivity index (χ4v) is 2.92. The number of amides is 1. The number of nitrogens with zero attached hydrogens (tertiary/aromatic N) is 1. The number of aromatic nitrogens is 1. The molecule has 3 aromatic rings. The van der Waals surface area contributed by atoms with E-state index in [1.165, 1.54) is 17.6 Å². The predicted octanol–water partition coefficient (Wildman–Crippen LogP) is 3.20. The first-order valence-electron chi connectivity index (χ1n) is 8.15. The third-order valence-electron chi connectivity index (χ3n) is 3.52. The number of nitrogens with one attached hydrogen (secondary N) is 1. The second-order valence-corrected chi connectivity index (χ2v) is 6.49. The minimum atomic E-state index is -0.398. The molecular formula is C19H18N2O4S. The molecule has 26 heavy (non-hydrogen) atoms. The number of ether oxygens (including phenoxy) is 1. The van der Waals surface area contributed by atoms with E-state index in [2.05, 4.69) is 10.3 Å². The highest BCUT2D eigenvalue weighted by molar-refractivity contribution is 7.13. The van der Waals surface area contributed by atoms with Gasteiger partial charge >= 0.3 is 5.97 Å². The Hall–Kier alpha value is -2.93. The van der Waals surface area contributed by atoms with Gasteiger partial charge in [-0.1, -0.05) is 36.4 Å². The second-order valence-electron chi connectivity index (χ2n) is 5.54. The average molecular weight is 370 g/mol. The normalized spacial score (nSPS) is 10.5. The van der Waals surface area contributed by atoms with Gasteiger partial charge in [0.2, 0.25) is 11.8 Å². The SMILES string of the molecule is O=C(Cc1ccccc1)NCCC(=O)OCc1coc(-c2cccs2)n1. The van der Waals surface area contributed by atoms with Gasteiger partial charge in [0, 0.05) is 6.54 Å². The lowest BCUT2D eigenvalue weighted by Gasteiger charge is -2.05. The van der Waals surface area contributed by atoms with Gasteiger partial charge in [-0.05, 0) is 17.0 Å². The van der Waals surface area contributed by atoms with Crippen LogP contribution in [-0.4, -0.2) is 23.4 Å². The zero-order valence-corrected chi connectivity index (χ0v) is 14.8. The molecular weight excluding hydrogens is 352 g/mol. The Kier molecular flexibility index (Phi) is 6.16. The highest BCUT2D eigenvalue weighted by atomic mass is 32.1. The van der Waals surface area contributed by atoms with Gasteiger partial charge < -0.3 is 14.5 Å². The van der Waals surface area contributed by atoms with Crippen LogP contribution >= 0.6 is 11.3 Å². The van der Waals surface area contributed by atoms with E-state index in [0.29, 0.717) is 18.0 Å². The van der Waals surface area contributed by atoms with Crippen LogP contribution in [0.5, 0.6) is 0 Å². The van der Waals surface area contributed by atoms with Crippen LogP contribution in [-0.2, 0) is 27.4 Å². The first-order valence-corrected chi connectivity index (χ1v) is 9.03. The average Bonchev–Trinajstić information content (AvgIpc) is 3.32. The van der Waals surface area contributed by atoms with Gasteiger partial charge in [0.25, 0.3) is 0 Å². The molecule has 0 atom stereocenters. The second kappa shape index (κ2) is 8.96. The number of oxazole rings is 1. The van der Waals surface area contributed by atoms with Gasteiger partial charge in [-0.25, -0.2) is 4.98 Å². The Morgan fingerprint density at radius 1 is 1.15 bits per heavy atom. The van der Waals surface area contributed by atoms with Gasteiger partial charge in [0.05, 0.1) is 17.7 Å². The molecule has 1 amide bonds. The number of esters is 1. The van der Waals surface area contributed by atoms with E-state index in [1.807, 2.05) is 47.8 Å². The lowest BCUT2D eigenvalue weighted by Crippen LogP contribution is -2.27. The number of rotatable bonds is 8. The Balaban J connectivity index is 1.35. The van der Waals surface area contributed by atoms with Crippen molar-refractivity contribution in [3.05, 3.63) is 65.4 Å². The van der Waals surface area contributed by atoms with Crippen molar-refractivity contribution in [1.29, 1.82) is 0 Å². The third kappa shape index (κ3) is 5.29. The molecule has 134 valence electrons. The van der Waals surface area contributed by atoms with Gasteiger partial charge in [-0.15, -0.1) is 11.3 Å². The fraction of sp³-hybridized carbons (Fsp3) is 0.211. The molecule has 0 aliphatic rings. The van der Waals surface area contributed by atoms with Gasteiger partial charge in [0.1, 0.15) is 18.6 Å². The highest BCUT2D eigenvalue weighted by Gasteiger charge is 2.10. The monoisotopic (exact) mass is 370 g/mol. The summed E-state index contributed by atoms with van der Waals surface area (Å²) in [5.74, 6) is -0.00833. The van der Waals surface area contributed by atoms with Gasteiger partial charge in [0.15, 0.2) is 0 Å². The molecule has 6 nitrogen and oxygen atoms in total. The molecule has 1 aromatic carbocycles. The summed E-state index contributed by atoms with van der Waals surface area (Å²) in [5, 5.41) is 4.65.